The Hall–Kier alpha value is -5.72. The zero-order valence-electron chi connectivity index (χ0n) is 25.4. The van der Waals surface area contributed by atoms with Crippen LogP contribution in [0.2, 0.25) is 0 Å². The SMILES string of the molecule is C=C/C=C\C=C/C/C(=C\c1ccc2ccc3c(C=Cc4ccccc4)ccc4ccc1c2c43)c1ccccc1.c1ccccc1. The summed E-state index contributed by atoms with van der Waals surface area (Å²) in [5.41, 5.74) is 6.23. The summed E-state index contributed by atoms with van der Waals surface area (Å²) < 4.78 is 0. The van der Waals surface area contributed by atoms with Crippen LogP contribution in [0.3, 0.4) is 0 Å². The average molecular weight is 577 g/mol. The minimum absolute atomic E-state index is 0.849. The Kier molecular flexibility index (Phi) is 9.55. The third-order valence-corrected chi connectivity index (χ3v) is 7.96. The van der Waals surface area contributed by atoms with Gasteiger partial charge in [0.25, 0.3) is 0 Å². The molecule has 0 aliphatic carbocycles. The van der Waals surface area contributed by atoms with Crippen molar-refractivity contribution in [3.63, 3.8) is 0 Å². The van der Waals surface area contributed by atoms with E-state index < -0.39 is 0 Å². The molecule has 0 saturated carbocycles. The van der Waals surface area contributed by atoms with E-state index in [0.717, 1.165) is 6.42 Å². The number of hydrogen-bond acceptors (Lipinski definition) is 0. The van der Waals surface area contributed by atoms with Gasteiger partial charge in [-0.05, 0) is 66.6 Å². The van der Waals surface area contributed by atoms with Crippen LogP contribution >= 0.6 is 0 Å². The van der Waals surface area contributed by atoms with E-state index in [4.69, 9.17) is 0 Å². The monoisotopic (exact) mass is 576 g/mol. The highest BCUT2D eigenvalue weighted by Gasteiger charge is 2.12. The van der Waals surface area contributed by atoms with Gasteiger partial charge in [0, 0.05) is 0 Å². The average Bonchev–Trinajstić information content (AvgIpc) is 3.11. The summed E-state index contributed by atoms with van der Waals surface area (Å²) in [6, 6.07) is 51.3. The molecule has 0 N–H and O–H groups in total. The molecule has 0 saturated heterocycles. The zero-order valence-corrected chi connectivity index (χ0v) is 25.4. The fraction of sp³-hybridized carbons (Fsp3) is 0.0222. The molecular weight excluding hydrogens is 540 g/mol. The Labute approximate surface area is 266 Å². The lowest BCUT2D eigenvalue weighted by atomic mass is 9.89. The molecule has 0 bridgehead atoms. The third-order valence-electron chi connectivity index (χ3n) is 7.96. The minimum atomic E-state index is 0.849. The van der Waals surface area contributed by atoms with Crippen molar-refractivity contribution >= 4 is 56.1 Å². The molecule has 0 aliphatic heterocycles. The van der Waals surface area contributed by atoms with Crippen LogP contribution in [0.5, 0.6) is 0 Å². The molecule has 7 rings (SSSR count). The first-order valence-electron chi connectivity index (χ1n) is 15.5. The van der Waals surface area contributed by atoms with E-state index in [1.807, 2.05) is 48.6 Å². The first-order valence-corrected chi connectivity index (χ1v) is 15.5. The van der Waals surface area contributed by atoms with Crippen LogP contribution in [-0.2, 0) is 0 Å². The lowest BCUT2D eigenvalue weighted by Gasteiger charge is -2.15. The quantitative estimate of drug-likeness (QED) is 0.0959. The van der Waals surface area contributed by atoms with E-state index in [-0.39, 0.29) is 0 Å². The number of allylic oxidation sites excluding steroid dienone is 6. The molecule has 7 aromatic carbocycles. The fourth-order valence-corrected chi connectivity index (χ4v) is 5.77. The molecule has 0 heterocycles. The topological polar surface area (TPSA) is 0 Å². The van der Waals surface area contributed by atoms with Gasteiger partial charge in [-0.25, -0.2) is 0 Å². The van der Waals surface area contributed by atoms with Gasteiger partial charge in [0.2, 0.25) is 0 Å². The molecule has 216 valence electrons. The Bertz CT molecular complexity index is 2080. The highest BCUT2D eigenvalue weighted by Crippen LogP contribution is 2.39. The molecule has 45 heavy (non-hydrogen) atoms. The van der Waals surface area contributed by atoms with Crippen molar-refractivity contribution in [1.29, 1.82) is 0 Å². The van der Waals surface area contributed by atoms with Gasteiger partial charge >= 0.3 is 0 Å². The first-order chi connectivity index (χ1) is 22.3. The van der Waals surface area contributed by atoms with Gasteiger partial charge in [0.1, 0.15) is 0 Å². The van der Waals surface area contributed by atoms with E-state index in [2.05, 4.69) is 146 Å². The van der Waals surface area contributed by atoms with Crippen molar-refractivity contribution in [3.8, 4) is 0 Å². The van der Waals surface area contributed by atoms with E-state index in [1.165, 1.54) is 60.1 Å². The van der Waals surface area contributed by atoms with Crippen LogP contribution in [0.15, 0.2) is 183 Å². The maximum Gasteiger partial charge on any atom is -0.00206 e. The summed E-state index contributed by atoms with van der Waals surface area (Å²) in [6.45, 7) is 3.75. The van der Waals surface area contributed by atoms with Gasteiger partial charge in [-0.1, -0.05) is 201 Å². The molecule has 0 heteroatoms. The summed E-state index contributed by atoms with van der Waals surface area (Å²) in [4.78, 5) is 0. The summed E-state index contributed by atoms with van der Waals surface area (Å²) in [7, 11) is 0. The van der Waals surface area contributed by atoms with E-state index in [9.17, 15) is 0 Å². The van der Waals surface area contributed by atoms with Crippen molar-refractivity contribution in [3.05, 3.63) is 205 Å². The third kappa shape index (κ3) is 7.09. The van der Waals surface area contributed by atoms with Gasteiger partial charge in [-0.15, -0.1) is 0 Å². The van der Waals surface area contributed by atoms with E-state index in [0.29, 0.717) is 0 Å². The Balaban J connectivity index is 0.000000535. The van der Waals surface area contributed by atoms with Crippen LogP contribution in [0.25, 0.3) is 56.1 Å². The van der Waals surface area contributed by atoms with Crippen LogP contribution in [0.4, 0.5) is 0 Å². The second kappa shape index (κ2) is 14.6. The lowest BCUT2D eigenvalue weighted by molar-refractivity contribution is 1.40. The van der Waals surface area contributed by atoms with Crippen LogP contribution in [-0.4, -0.2) is 0 Å². The van der Waals surface area contributed by atoms with Gasteiger partial charge in [-0.3, -0.25) is 0 Å². The van der Waals surface area contributed by atoms with Crippen molar-refractivity contribution in [2.75, 3.05) is 0 Å². The van der Waals surface area contributed by atoms with Crippen molar-refractivity contribution in [2.24, 2.45) is 0 Å². The summed E-state index contributed by atoms with van der Waals surface area (Å²) in [6.07, 6.45) is 17.7. The molecule has 0 unspecified atom stereocenters. The molecular formula is C45H36. The first kappa shape index (κ1) is 29.4. The van der Waals surface area contributed by atoms with Gasteiger partial charge in [0.15, 0.2) is 0 Å². The van der Waals surface area contributed by atoms with E-state index in [1.54, 1.807) is 6.08 Å². The van der Waals surface area contributed by atoms with Crippen LogP contribution < -0.4 is 0 Å². The van der Waals surface area contributed by atoms with Crippen molar-refractivity contribution in [2.45, 2.75) is 6.42 Å². The zero-order chi connectivity index (χ0) is 30.7. The van der Waals surface area contributed by atoms with E-state index >= 15 is 0 Å². The highest BCUT2D eigenvalue weighted by atomic mass is 14.2. The smallest absolute Gasteiger partial charge is 0.00206 e. The van der Waals surface area contributed by atoms with Gasteiger partial charge in [-0.2, -0.15) is 0 Å². The predicted molar refractivity (Wildman–Crippen MR) is 199 cm³/mol. The molecule has 7 aromatic rings. The largest absolute Gasteiger partial charge is 0.0991 e. The molecule has 0 radical (unpaired) electrons. The summed E-state index contributed by atoms with van der Waals surface area (Å²) in [5.74, 6) is 0. The Morgan fingerprint density at radius 3 is 1.64 bits per heavy atom. The number of benzene rings is 7. The molecule has 0 aliphatic rings. The lowest BCUT2D eigenvalue weighted by Crippen LogP contribution is -1.89. The minimum Gasteiger partial charge on any atom is -0.0991 e. The number of rotatable bonds is 8. The molecule has 0 aromatic heterocycles. The van der Waals surface area contributed by atoms with Gasteiger partial charge < -0.3 is 0 Å². The van der Waals surface area contributed by atoms with Crippen molar-refractivity contribution in [1.82, 2.24) is 0 Å². The maximum absolute atomic E-state index is 3.75. The molecule has 0 atom stereocenters. The Morgan fingerprint density at radius 1 is 0.489 bits per heavy atom. The molecule has 0 fully saturated rings. The van der Waals surface area contributed by atoms with Crippen LogP contribution in [0.1, 0.15) is 28.7 Å². The normalized spacial score (nSPS) is 12.0. The second-order valence-corrected chi connectivity index (χ2v) is 10.9. The second-order valence-electron chi connectivity index (χ2n) is 10.9. The molecule has 0 spiro atoms. The highest BCUT2D eigenvalue weighted by molar-refractivity contribution is 6.25. The van der Waals surface area contributed by atoms with Gasteiger partial charge in [0.05, 0.1) is 0 Å². The predicted octanol–water partition coefficient (Wildman–Crippen LogP) is 12.7. The van der Waals surface area contributed by atoms with Crippen LogP contribution in [0, 0.1) is 0 Å². The standard InChI is InChI=1S/C39H30.C6H6/c1-2-3-4-5-10-17-34(30-15-11-7-12-16-30)28-35-23-22-33-24-26-36-31(19-18-29-13-8-6-9-14-29)20-21-32-25-27-37(35)39(33)38(32)36;1-2-4-6-5-3-1/h2-16,18-28H,1,17H2;1-6H/b4-3-,10-5-,19-18?,34-28+;. The maximum atomic E-state index is 3.75. The summed E-state index contributed by atoms with van der Waals surface area (Å²) in [5, 5.41) is 7.82. The Morgan fingerprint density at radius 2 is 1.02 bits per heavy atom. The van der Waals surface area contributed by atoms with Crippen molar-refractivity contribution < 1.29 is 0 Å². The number of hydrogen-bond donors (Lipinski definition) is 0. The summed E-state index contributed by atoms with van der Waals surface area (Å²) >= 11 is 0. The molecule has 0 nitrogen and oxygen atoms in total. The molecule has 0 amide bonds. The fourth-order valence-electron chi connectivity index (χ4n) is 5.77.